The molecular formula is C23H23F3N4O3S2. The first-order chi connectivity index (χ1) is 16.7. The first-order valence-electron chi connectivity index (χ1n) is 11.2. The molecule has 0 bridgehead atoms. The summed E-state index contributed by atoms with van der Waals surface area (Å²) in [4.78, 5) is 5.98. The summed E-state index contributed by atoms with van der Waals surface area (Å²) >= 11 is 0.923. The Labute approximate surface area is 205 Å². The summed E-state index contributed by atoms with van der Waals surface area (Å²) in [7, 11) is -3.90. The molecule has 2 aromatic carbocycles. The van der Waals surface area contributed by atoms with Crippen molar-refractivity contribution in [1.82, 2.24) is 14.3 Å². The highest BCUT2D eigenvalue weighted by Gasteiger charge is 2.46. The lowest BCUT2D eigenvalue weighted by Gasteiger charge is -2.46. The van der Waals surface area contributed by atoms with Gasteiger partial charge in [0.25, 0.3) is 10.0 Å². The molecule has 35 heavy (non-hydrogen) atoms. The number of alkyl halides is 3. The van der Waals surface area contributed by atoms with Crippen LogP contribution in [0.25, 0.3) is 0 Å². The lowest BCUT2D eigenvalue weighted by molar-refractivity contribution is -0.192. The molecule has 2 aliphatic rings. The molecule has 0 unspecified atom stereocenters. The second kappa shape index (κ2) is 9.40. The van der Waals surface area contributed by atoms with E-state index >= 15 is 0 Å². The summed E-state index contributed by atoms with van der Waals surface area (Å²) in [6.45, 7) is 0.623. The largest absolute Gasteiger partial charge is 0.493 e. The third-order valence-corrected chi connectivity index (χ3v) is 8.62. The summed E-state index contributed by atoms with van der Waals surface area (Å²) < 4.78 is 78.4. The van der Waals surface area contributed by atoms with Crippen molar-refractivity contribution >= 4 is 26.7 Å². The van der Waals surface area contributed by atoms with Crippen molar-refractivity contribution in [3.05, 3.63) is 66.0 Å². The molecule has 3 aromatic rings. The zero-order valence-electron chi connectivity index (χ0n) is 18.5. The number of piperidine rings is 1. The van der Waals surface area contributed by atoms with Crippen LogP contribution in [0, 0.1) is 5.92 Å². The number of hydrogen-bond donors (Lipinski definition) is 1. The number of nitrogens with zero attached hydrogens (tertiary/aromatic N) is 3. The topological polar surface area (TPSA) is 84.4 Å². The molecule has 186 valence electrons. The summed E-state index contributed by atoms with van der Waals surface area (Å²) in [5.41, 5.74) is 1.62. The average Bonchev–Trinajstić information content (AvgIpc) is 3.35. The minimum Gasteiger partial charge on any atom is -0.493 e. The van der Waals surface area contributed by atoms with Crippen LogP contribution >= 0.6 is 11.5 Å². The van der Waals surface area contributed by atoms with E-state index in [2.05, 4.69) is 19.0 Å². The fraction of sp³-hybridized carbons (Fsp3) is 0.391. The molecule has 3 heterocycles. The van der Waals surface area contributed by atoms with E-state index in [-0.39, 0.29) is 35.5 Å². The molecular weight excluding hydrogens is 501 g/mol. The Bertz CT molecular complexity index is 1270. The number of halogens is 3. The van der Waals surface area contributed by atoms with E-state index in [1.165, 1.54) is 18.5 Å². The van der Waals surface area contributed by atoms with Crippen LogP contribution in [0.15, 0.2) is 59.8 Å². The second-order valence-corrected chi connectivity index (χ2v) is 11.1. The molecule has 12 heteroatoms. The number of sulfonamides is 1. The molecule has 5 rings (SSSR count). The fourth-order valence-electron chi connectivity index (χ4n) is 4.91. The summed E-state index contributed by atoms with van der Waals surface area (Å²) in [5, 5.41) is 0.153. The Balaban J connectivity index is 1.46. The highest BCUT2D eigenvalue weighted by molar-refractivity contribution is 7.93. The van der Waals surface area contributed by atoms with Gasteiger partial charge in [0.1, 0.15) is 12.1 Å². The van der Waals surface area contributed by atoms with Crippen molar-refractivity contribution in [2.45, 2.75) is 42.4 Å². The summed E-state index contributed by atoms with van der Waals surface area (Å²) in [6, 6.07) is 13.3. The minimum atomic E-state index is -4.24. The Morgan fingerprint density at radius 2 is 1.89 bits per heavy atom. The summed E-state index contributed by atoms with van der Waals surface area (Å²) in [6.07, 6.45) is -2.37. The van der Waals surface area contributed by atoms with Gasteiger partial charge < -0.3 is 4.74 Å². The van der Waals surface area contributed by atoms with E-state index in [9.17, 15) is 21.6 Å². The molecule has 0 spiro atoms. The van der Waals surface area contributed by atoms with Gasteiger partial charge in [-0.25, -0.2) is 13.4 Å². The third-order valence-electron chi connectivity index (χ3n) is 6.58. The predicted octanol–water partition coefficient (Wildman–Crippen LogP) is 5.18. The number of ether oxygens (including phenoxy) is 1. The maximum Gasteiger partial charge on any atom is 0.391 e. The quantitative estimate of drug-likeness (QED) is 0.495. The SMILES string of the molecule is O=S(=O)(Nc1ncns1)c1ccc2c(c1)OCC[C@@H]2N1CC[C@@H](C(F)(F)F)C[C@@H]1c1ccccc1. The van der Waals surface area contributed by atoms with Gasteiger partial charge in [0, 0.05) is 41.7 Å². The molecule has 2 aliphatic heterocycles. The molecule has 7 nitrogen and oxygen atoms in total. The normalized spacial score (nSPS) is 23.3. The molecule has 1 N–H and O–H groups in total. The number of fused-ring (bicyclic) bond motifs is 1. The van der Waals surface area contributed by atoms with Gasteiger partial charge >= 0.3 is 6.18 Å². The smallest absolute Gasteiger partial charge is 0.391 e. The number of aromatic nitrogens is 2. The minimum absolute atomic E-state index is 0.0154. The molecule has 1 fully saturated rings. The molecule has 0 saturated carbocycles. The van der Waals surface area contributed by atoms with Crippen LogP contribution in [0.4, 0.5) is 18.3 Å². The van der Waals surface area contributed by atoms with Gasteiger partial charge in [-0.15, -0.1) is 0 Å². The van der Waals surface area contributed by atoms with E-state index in [0.29, 0.717) is 18.8 Å². The van der Waals surface area contributed by atoms with Gasteiger partial charge in [-0.05, 0) is 31.0 Å². The van der Waals surface area contributed by atoms with Crippen LogP contribution in [-0.4, -0.2) is 42.0 Å². The van der Waals surface area contributed by atoms with Gasteiger partial charge in [-0.1, -0.05) is 36.4 Å². The van der Waals surface area contributed by atoms with Gasteiger partial charge in [-0.2, -0.15) is 17.5 Å². The average molecular weight is 525 g/mol. The number of likely N-dealkylation sites (tertiary alicyclic amines) is 1. The van der Waals surface area contributed by atoms with Gasteiger partial charge in [-0.3, -0.25) is 9.62 Å². The second-order valence-electron chi connectivity index (χ2n) is 8.63. The maximum atomic E-state index is 13.6. The zero-order valence-corrected chi connectivity index (χ0v) is 20.1. The number of benzene rings is 2. The summed E-state index contributed by atoms with van der Waals surface area (Å²) in [5.74, 6) is -0.937. The molecule has 0 aliphatic carbocycles. The number of hydrogen-bond acceptors (Lipinski definition) is 7. The van der Waals surface area contributed by atoms with Crippen LogP contribution in [0.2, 0.25) is 0 Å². The van der Waals surface area contributed by atoms with Crippen molar-refractivity contribution in [2.24, 2.45) is 5.92 Å². The van der Waals surface area contributed by atoms with Crippen LogP contribution in [0.3, 0.4) is 0 Å². The highest BCUT2D eigenvalue weighted by atomic mass is 32.2. The van der Waals surface area contributed by atoms with E-state index < -0.39 is 28.2 Å². The van der Waals surface area contributed by atoms with Crippen LogP contribution in [0.5, 0.6) is 5.75 Å². The first kappa shape index (κ1) is 24.0. The highest BCUT2D eigenvalue weighted by Crippen LogP contribution is 2.48. The van der Waals surface area contributed by atoms with Crippen molar-refractivity contribution in [2.75, 3.05) is 17.9 Å². The Morgan fingerprint density at radius 1 is 1.09 bits per heavy atom. The Hall–Kier alpha value is -2.70. The number of nitrogens with one attached hydrogen (secondary N) is 1. The van der Waals surface area contributed by atoms with E-state index in [1.54, 1.807) is 6.07 Å². The maximum absolute atomic E-state index is 13.6. The van der Waals surface area contributed by atoms with Crippen LogP contribution in [-0.2, 0) is 10.0 Å². The van der Waals surface area contributed by atoms with E-state index in [1.807, 2.05) is 30.3 Å². The van der Waals surface area contributed by atoms with Crippen molar-refractivity contribution in [3.63, 3.8) is 0 Å². The molecule has 0 radical (unpaired) electrons. The Morgan fingerprint density at radius 3 is 2.60 bits per heavy atom. The van der Waals surface area contributed by atoms with Crippen molar-refractivity contribution in [1.29, 1.82) is 0 Å². The van der Waals surface area contributed by atoms with Crippen LogP contribution < -0.4 is 9.46 Å². The van der Waals surface area contributed by atoms with E-state index in [4.69, 9.17) is 4.74 Å². The molecule has 1 aromatic heterocycles. The van der Waals surface area contributed by atoms with E-state index in [0.717, 1.165) is 22.7 Å². The fourth-order valence-corrected chi connectivity index (χ4v) is 6.59. The predicted molar refractivity (Wildman–Crippen MR) is 125 cm³/mol. The Kier molecular flexibility index (Phi) is 6.45. The lowest BCUT2D eigenvalue weighted by atomic mass is 9.84. The standard InChI is InChI=1S/C23H23F3N4O3S2/c24-23(25,26)16-8-10-30(20(12-16)15-4-2-1-3-5-15)19-9-11-33-21-13-17(6-7-18(19)21)35(31,32)29-22-27-14-28-34-22/h1-7,13-14,16,19-20H,8-12H2,(H,27,28,29)/t16-,19+,20-/m1/s1. The zero-order chi connectivity index (χ0) is 24.6. The van der Waals surface area contributed by atoms with Crippen LogP contribution in [0.1, 0.15) is 42.5 Å². The van der Waals surface area contributed by atoms with Gasteiger partial charge in [0.15, 0.2) is 0 Å². The molecule has 3 atom stereocenters. The molecule has 1 saturated heterocycles. The number of anilines is 1. The van der Waals surface area contributed by atoms with Gasteiger partial charge in [0.2, 0.25) is 5.13 Å². The molecule has 0 amide bonds. The monoisotopic (exact) mass is 524 g/mol. The third kappa shape index (κ3) is 5.00. The van der Waals surface area contributed by atoms with Gasteiger partial charge in [0.05, 0.1) is 17.4 Å². The first-order valence-corrected chi connectivity index (χ1v) is 13.4. The number of rotatable bonds is 5. The lowest BCUT2D eigenvalue weighted by Crippen LogP contribution is -2.44. The van der Waals surface area contributed by atoms with Crippen molar-refractivity contribution < 1.29 is 26.3 Å². The van der Waals surface area contributed by atoms with Crippen molar-refractivity contribution in [3.8, 4) is 5.75 Å².